The van der Waals surface area contributed by atoms with Crippen molar-refractivity contribution in [3.05, 3.63) is 39.3 Å². The number of thiophene rings is 1. The Balaban J connectivity index is 1.64. The Morgan fingerprint density at radius 2 is 2.17 bits per heavy atom. The Hall–Kier alpha value is -1.66. The molecule has 0 atom stereocenters. The molecule has 2 aromatic rings. The third-order valence-corrected chi connectivity index (χ3v) is 6.18. The summed E-state index contributed by atoms with van der Waals surface area (Å²) in [6, 6.07) is 4.07. The lowest BCUT2D eigenvalue weighted by molar-refractivity contribution is 0.0716. The molecular formula is C18H25N3O2S. The summed E-state index contributed by atoms with van der Waals surface area (Å²) in [5.41, 5.74) is 2.41. The van der Waals surface area contributed by atoms with Gasteiger partial charge in [0.05, 0.1) is 18.0 Å². The smallest absolute Gasteiger partial charge is 0.263 e. The summed E-state index contributed by atoms with van der Waals surface area (Å²) >= 11 is 1.64. The first kappa shape index (κ1) is 17.2. The molecule has 5 nitrogen and oxygen atoms in total. The Kier molecular flexibility index (Phi) is 5.36. The van der Waals surface area contributed by atoms with Gasteiger partial charge in [-0.25, -0.2) is 0 Å². The van der Waals surface area contributed by atoms with Crippen molar-refractivity contribution in [3.8, 4) is 0 Å². The summed E-state index contributed by atoms with van der Waals surface area (Å²) in [7, 11) is 0. The number of nitrogens with zero attached hydrogens (tertiary/aromatic N) is 3. The second kappa shape index (κ2) is 7.49. The number of aliphatic hydroxyl groups excluding tert-OH is 1. The van der Waals surface area contributed by atoms with Crippen LogP contribution in [0.3, 0.4) is 0 Å². The molecule has 130 valence electrons. The summed E-state index contributed by atoms with van der Waals surface area (Å²) in [6.45, 7) is 6.42. The fourth-order valence-corrected chi connectivity index (χ4v) is 4.56. The van der Waals surface area contributed by atoms with Gasteiger partial charge in [-0.15, -0.1) is 11.3 Å². The van der Waals surface area contributed by atoms with Gasteiger partial charge < -0.3 is 10.0 Å². The predicted molar refractivity (Wildman–Crippen MR) is 95.6 cm³/mol. The molecule has 0 spiro atoms. The lowest BCUT2D eigenvalue weighted by atomic mass is 9.93. The molecule has 0 unspecified atom stereocenters. The monoisotopic (exact) mass is 347 g/mol. The molecule has 0 aromatic carbocycles. The number of amides is 1. The van der Waals surface area contributed by atoms with E-state index in [1.807, 2.05) is 21.7 Å². The van der Waals surface area contributed by atoms with Gasteiger partial charge in [0.1, 0.15) is 0 Å². The Labute approximate surface area is 146 Å². The van der Waals surface area contributed by atoms with Gasteiger partial charge in [-0.2, -0.15) is 5.10 Å². The van der Waals surface area contributed by atoms with Crippen molar-refractivity contribution in [2.24, 2.45) is 0 Å². The van der Waals surface area contributed by atoms with E-state index in [4.69, 9.17) is 5.11 Å². The fraction of sp³-hybridized carbons (Fsp3) is 0.556. The lowest BCUT2D eigenvalue weighted by Crippen LogP contribution is -2.38. The van der Waals surface area contributed by atoms with Crippen LogP contribution in [-0.4, -0.2) is 45.4 Å². The summed E-state index contributed by atoms with van der Waals surface area (Å²) in [6.07, 6.45) is 4.69. The van der Waals surface area contributed by atoms with E-state index in [2.05, 4.69) is 18.9 Å². The van der Waals surface area contributed by atoms with Crippen molar-refractivity contribution in [1.29, 1.82) is 0 Å². The minimum absolute atomic E-state index is 0.101. The zero-order valence-corrected chi connectivity index (χ0v) is 15.2. The van der Waals surface area contributed by atoms with Crippen molar-refractivity contribution in [2.75, 3.05) is 19.7 Å². The molecule has 1 aliphatic heterocycles. The van der Waals surface area contributed by atoms with Gasteiger partial charge in [-0.3, -0.25) is 9.48 Å². The van der Waals surface area contributed by atoms with Gasteiger partial charge >= 0.3 is 0 Å². The number of piperidine rings is 1. The second-order valence-electron chi connectivity index (χ2n) is 6.34. The number of hydrogen-bond acceptors (Lipinski definition) is 4. The van der Waals surface area contributed by atoms with Crippen LogP contribution in [0, 0.1) is 6.92 Å². The predicted octanol–water partition coefficient (Wildman–Crippen LogP) is 2.83. The fourth-order valence-electron chi connectivity index (χ4n) is 3.48. The van der Waals surface area contributed by atoms with E-state index in [0.717, 1.165) is 37.2 Å². The van der Waals surface area contributed by atoms with E-state index in [1.54, 1.807) is 17.5 Å². The van der Waals surface area contributed by atoms with Crippen LogP contribution in [0.5, 0.6) is 0 Å². The van der Waals surface area contributed by atoms with Crippen LogP contribution in [0.4, 0.5) is 0 Å². The third-order valence-electron chi connectivity index (χ3n) is 4.81. The van der Waals surface area contributed by atoms with Gasteiger partial charge in [0, 0.05) is 35.8 Å². The molecule has 0 radical (unpaired) electrons. The highest BCUT2D eigenvalue weighted by Gasteiger charge is 2.27. The summed E-state index contributed by atoms with van der Waals surface area (Å²) in [4.78, 5) is 16.9. The van der Waals surface area contributed by atoms with Crippen LogP contribution >= 0.6 is 11.3 Å². The summed E-state index contributed by atoms with van der Waals surface area (Å²) in [5, 5.41) is 13.4. The van der Waals surface area contributed by atoms with E-state index >= 15 is 0 Å². The number of likely N-dealkylation sites (tertiary alicyclic amines) is 1. The normalized spacial score (nSPS) is 15.9. The molecule has 1 amide bonds. The Morgan fingerprint density at radius 3 is 2.79 bits per heavy atom. The van der Waals surface area contributed by atoms with E-state index in [1.165, 1.54) is 16.1 Å². The van der Waals surface area contributed by atoms with Crippen LogP contribution in [0.25, 0.3) is 0 Å². The highest BCUT2D eigenvalue weighted by atomic mass is 32.1. The Bertz CT molecular complexity index is 699. The second-order valence-corrected chi connectivity index (χ2v) is 7.48. The molecular weight excluding hydrogens is 322 g/mol. The molecule has 1 N–H and O–H groups in total. The number of carbonyl (C=O) groups excluding carboxylic acids is 1. The summed E-state index contributed by atoms with van der Waals surface area (Å²) < 4.78 is 1.89. The zero-order chi connectivity index (χ0) is 17.1. The molecule has 3 rings (SSSR count). The standard InChI is InChI=1S/C18H25N3O2S/c1-3-16-13(2)12-17(24-16)18(23)20-8-5-14(6-9-20)15-4-7-19-21(15)10-11-22/h4,7,12,14,22H,3,5-6,8-11H2,1-2H3. The molecule has 0 aliphatic carbocycles. The van der Waals surface area contributed by atoms with Gasteiger partial charge in [-0.05, 0) is 43.9 Å². The van der Waals surface area contributed by atoms with E-state index in [9.17, 15) is 4.79 Å². The van der Waals surface area contributed by atoms with E-state index in [0.29, 0.717) is 12.5 Å². The number of aromatic nitrogens is 2. The first-order valence-corrected chi connectivity index (χ1v) is 9.46. The molecule has 3 heterocycles. The minimum atomic E-state index is 0.101. The number of rotatable bonds is 5. The summed E-state index contributed by atoms with van der Waals surface area (Å²) in [5.74, 6) is 0.587. The van der Waals surface area contributed by atoms with E-state index < -0.39 is 0 Å². The van der Waals surface area contributed by atoms with Crippen molar-refractivity contribution in [2.45, 2.75) is 45.6 Å². The quantitative estimate of drug-likeness (QED) is 0.905. The van der Waals surface area contributed by atoms with Crippen LogP contribution in [-0.2, 0) is 13.0 Å². The van der Waals surface area contributed by atoms with Crippen LogP contribution in [0.15, 0.2) is 18.3 Å². The van der Waals surface area contributed by atoms with Crippen LogP contribution in [0.1, 0.15) is 51.5 Å². The van der Waals surface area contributed by atoms with Gasteiger partial charge in [-0.1, -0.05) is 6.92 Å². The molecule has 0 saturated carbocycles. The zero-order valence-electron chi connectivity index (χ0n) is 14.4. The average Bonchev–Trinajstić information content (AvgIpc) is 3.21. The van der Waals surface area contributed by atoms with Crippen molar-refractivity contribution >= 4 is 17.2 Å². The number of hydrogen-bond donors (Lipinski definition) is 1. The molecule has 24 heavy (non-hydrogen) atoms. The molecule has 1 fully saturated rings. The minimum Gasteiger partial charge on any atom is -0.394 e. The maximum absolute atomic E-state index is 12.7. The van der Waals surface area contributed by atoms with Gasteiger partial charge in [0.2, 0.25) is 0 Å². The number of carbonyl (C=O) groups is 1. The van der Waals surface area contributed by atoms with Crippen molar-refractivity contribution < 1.29 is 9.90 Å². The molecule has 6 heteroatoms. The molecule has 0 bridgehead atoms. The lowest BCUT2D eigenvalue weighted by Gasteiger charge is -2.32. The van der Waals surface area contributed by atoms with Crippen LogP contribution < -0.4 is 0 Å². The third kappa shape index (κ3) is 3.39. The van der Waals surface area contributed by atoms with Gasteiger partial charge in [0.15, 0.2) is 0 Å². The molecule has 1 aliphatic rings. The molecule has 1 saturated heterocycles. The van der Waals surface area contributed by atoms with Crippen LogP contribution in [0.2, 0.25) is 0 Å². The largest absolute Gasteiger partial charge is 0.394 e. The number of aryl methyl sites for hydroxylation is 2. The first-order chi connectivity index (χ1) is 11.6. The maximum Gasteiger partial charge on any atom is 0.263 e. The topological polar surface area (TPSA) is 58.4 Å². The average molecular weight is 347 g/mol. The van der Waals surface area contributed by atoms with E-state index in [-0.39, 0.29) is 12.5 Å². The van der Waals surface area contributed by atoms with Crippen molar-refractivity contribution in [1.82, 2.24) is 14.7 Å². The SMILES string of the molecule is CCc1sc(C(=O)N2CCC(c3ccnn3CCO)CC2)cc1C. The maximum atomic E-state index is 12.7. The van der Waals surface area contributed by atoms with Crippen molar-refractivity contribution in [3.63, 3.8) is 0 Å². The highest BCUT2D eigenvalue weighted by molar-refractivity contribution is 7.14. The highest BCUT2D eigenvalue weighted by Crippen LogP contribution is 2.30. The molecule has 2 aromatic heterocycles. The first-order valence-electron chi connectivity index (χ1n) is 8.65. The van der Waals surface area contributed by atoms with Gasteiger partial charge in [0.25, 0.3) is 5.91 Å². The number of aliphatic hydroxyl groups is 1. The Morgan fingerprint density at radius 1 is 1.42 bits per heavy atom.